The Balaban J connectivity index is 2.04. The van der Waals surface area contributed by atoms with Crippen LogP contribution < -0.4 is 4.31 Å². The van der Waals surface area contributed by atoms with Crippen LogP contribution in [0.25, 0.3) is 0 Å². The second-order valence-electron chi connectivity index (χ2n) is 5.10. The summed E-state index contributed by atoms with van der Waals surface area (Å²) in [5.74, 6) is 0. The molecule has 0 aliphatic carbocycles. The summed E-state index contributed by atoms with van der Waals surface area (Å²) in [7, 11) is -3.54. The largest absolute Gasteiger partial charge is 0.266 e. The van der Waals surface area contributed by atoms with Crippen molar-refractivity contribution in [3.63, 3.8) is 0 Å². The quantitative estimate of drug-likeness (QED) is 0.856. The highest BCUT2D eigenvalue weighted by Gasteiger charge is 2.30. The molecule has 0 radical (unpaired) electrons. The van der Waals surface area contributed by atoms with Gasteiger partial charge < -0.3 is 0 Å². The van der Waals surface area contributed by atoms with E-state index in [4.69, 9.17) is 5.26 Å². The van der Waals surface area contributed by atoms with Crippen molar-refractivity contribution >= 4 is 15.7 Å². The van der Waals surface area contributed by atoms with Crippen LogP contribution in [0.5, 0.6) is 0 Å². The molecule has 0 spiro atoms. The molecule has 0 bridgehead atoms. The number of nitrogens with zero attached hydrogens (tertiary/aromatic N) is 2. The molecule has 2 aromatic carbocycles. The van der Waals surface area contributed by atoms with Crippen molar-refractivity contribution in [3.05, 3.63) is 59.2 Å². The highest BCUT2D eigenvalue weighted by Crippen LogP contribution is 2.33. The Morgan fingerprint density at radius 1 is 1.14 bits per heavy atom. The number of rotatable bonds is 2. The van der Waals surface area contributed by atoms with E-state index in [1.54, 1.807) is 42.5 Å². The summed E-state index contributed by atoms with van der Waals surface area (Å²) < 4.78 is 26.9. The number of nitriles is 1. The van der Waals surface area contributed by atoms with Crippen LogP contribution in [-0.2, 0) is 16.4 Å². The van der Waals surface area contributed by atoms with Crippen LogP contribution in [0, 0.1) is 18.3 Å². The van der Waals surface area contributed by atoms with Gasteiger partial charge in [-0.3, -0.25) is 4.31 Å². The van der Waals surface area contributed by atoms with Crippen LogP contribution in [0.3, 0.4) is 0 Å². The van der Waals surface area contributed by atoms with Gasteiger partial charge in [0, 0.05) is 6.54 Å². The van der Waals surface area contributed by atoms with Crippen LogP contribution in [0.1, 0.15) is 16.7 Å². The summed E-state index contributed by atoms with van der Waals surface area (Å²) in [6, 6.07) is 14.1. The molecule has 2 aromatic rings. The third-order valence-electron chi connectivity index (χ3n) is 3.67. The molecular weight excluding hydrogens is 284 g/mol. The second kappa shape index (κ2) is 4.90. The van der Waals surface area contributed by atoms with Crippen molar-refractivity contribution < 1.29 is 8.42 Å². The Labute approximate surface area is 124 Å². The Hall–Kier alpha value is -2.32. The molecular formula is C16H14N2O2S. The Morgan fingerprint density at radius 3 is 2.52 bits per heavy atom. The number of sulfonamides is 1. The molecule has 5 heteroatoms. The summed E-state index contributed by atoms with van der Waals surface area (Å²) in [6.45, 7) is 2.34. The van der Waals surface area contributed by atoms with Gasteiger partial charge in [-0.2, -0.15) is 5.26 Å². The van der Waals surface area contributed by atoms with Crippen LogP contribution >= 0.6 is 0 Å². The minimum atomic E-state index is -3.54. The fourth-order valence-corrected chi connectivity index (χ4v) is 4.03. The molecule has 0 unspecified atom stereocenters. The molecule has 1 aliphatic heterocycles. The highest BCUT2D eigenvalue weighted by molar-refractivity contribution is 7.92. The van der Waals surface area contributed by atoms with E-state index in [0.717, 1.165) is 11.1 Å². The predicted molar refractivity (Wildman–Crippen MR) is 80.6 cm³/mol. The average Bonchev–Trinajstić information content (AvgIpc) is 2.91. The van der Waals surface area contributed by atoms with Crippen molar-refractivity contribution in [1.82, 2.24) is 0 Å². The first kappa shape index (κ1) is 13.7. The monoisotopic (exact) mass is 298 g/mol. The standard InChI is InChI=1S/C16H14N2O2S/c1-12-2-5-15(6-3-12)21(19,20)18-9-8-14-10-13(11-17)4-7-16(14)18/h2-7,10H,8-9H2,1H3. The molecule has 4 nitrogen and oxygen atoms in total. The first-order chi connectivity index (χ1) is 10.0. The number of hydrogen-bond donors (Lipinski definition) is 0. The van der Waals surface area contributed by atoms with E-state index >= 15 is 0 Å². The predicted octanol–water partition coefficient (Wildman–Crippen LogP) is 2.62. The lowest BCUT2D eigenvalue weighted by atomic mass is 10.1. The summed E-state index contributed by atoms with van der Waals surface area (Å²) in [5, 5.41) is 8.92. The molecule has 0 aromatic heterocycles. The van der Waals surface area contributed by atoms with E-state index < -0.39 is 10.0 Å². The minimum Gasteiger partial charge on any atom is -0.266 e. The van der Waals surface area contributed by atoms with Gasteiger partial charge in [0.2, 0.25) is 0 Å². The number of aryl methyl sites for hydroxylation is 1. The number of anilines is 1. The minimum absolute atomic E-state index is 0.297. The van der Waals surface area contributed by atoms with Gasteiger partial charge in [-0.25, -0.2) is 8.42 Å². The van der Waals surface area contributed by atoms with E-state index in [0.29, 0.717) is 29.1 Å². The number of fused-ring (bicyclic) bond motifs is 1. The normalized spacial score (nSPS) is 13.8. The van der Waals surface area contributed by atoms with Gasteiger partial charge in [-0.15, -0.1) is 0 Å². The SMILES string of the molecule is Cc1ccc(S(=O)(=O)N2CCc3cc(C#N)ccc32)cc1. The Bertz CT molecular complexity index is 834. The molecule has 0 fully saturated rings. The lowest BCUT2D eigenvalue weighted by molar-refractivity contribution is 0.592. The first-order valence-corrected chi connectivity index (χ1v) is 8.09. The Kier molecular flexibility index (Phi) is 3.19. The number of hydrogen-bond acceptors (Lipinski definition) is 3. The molecule has 0 atom stereocenters. The van der Waals surface area contributed by atoms with Gasteiger partial charge in [-0.05, 0) is 49.2 Å². The topological polar surface area (TPSA) is 61.2 Å². The molecule has 1 aliphatic rings. The van der Waals surface area contributed by atoms with E-state index in [9.17, 15) is 8.42 Å². The maximum atomic E-state index is 12.7. The zero-order chi connectivity index (χ0) is 15.0. The molecule has 0 N–H and O–H groups in total. The van der Waals surface area contributed by atoms with E-state index in [-0.39, 0.29) is 0 Å². The smallest absolute Gasteiger partial charge is 0.264 e. The molecule has 106 valence electrons. The van der Waals surface area contributed by atoms with Crippen LogP contribution in [0.15, 0.2) is 47.4 Å². The maximum absolute atomic E-state index is 12.7. The van der Waals surface area contributed by atoms with Crippen LogP contribution in [0.4, 0.5) is 5.69 Å². The molecule has 0 saturated heterocycles. The highest BCUT2D eigenvalue weighted by atomic mass is 32.2. The van der Waals surface area contributed by atoms with Crippen LogP contribution in [0.2, 0.25) is 0 Å². The number of benzene rings is 2. The molecule has 0 amide bonds. The third kappa shape index (κ3) is 2.28. The summed E-state index contributed by atoms with van der Waals surface area (Å²) in [4.78, 5) is 0.297. The second-order valence-corrected chi connectivity index (χ2v) is 6.96. The lowest BCUT2D eigenvalue weighted by Crippen LogP contribution is -2.29. The van der Waals surface area contributed by atoms with Crippen molar-refractivity contribution in [1.29, 1.82) is 5.26 Å². The van der Waals surface area contributed by atoms with Gasteiger partial charge in [0.1, 0.15) is 0 Å². The van der Waals surface area contributed by atoms with Gasteiger partial charge in [0.05, 0.1) is 22.2 Å². The summed E-state index contributed by atoms with van der Waals surface area (Å²) in [5.41, 5.74) is 3.16. The van der Waals surface area contributed by atoms with Crippen LogP contribution in [-0.4, -0.2) is 15.0 Å². The zero-order valence-corrected chi connectivity index (χ0v) is 12.4. The van der Waals surface area contributed by atoms with Crippen molar-refractivity contribution in [2.45, 2.75) is 18.2 Å². The van der Waals surface area contributed by atoms with Gasteiger partial charge in [0.15, 0.2) is 0 Å². The molecule has 0 saturated carbocycles. The Morgan fingerprint density at radius 2 is 1.86 bits per heavy atom. The fraction of sp³-hybridized carbons (Fsp3) is 0.188. The molecule has 21 heavy (non-hydrogen) atoms. The van der Waals surface area contributed by atoms with E-state index in [1.165, 1.54) is 4.31 Å². The summed E-state index contributed by atoms with van der Waals surface area (Å²) >= 11 is 0. The van der Waals surface area contributed by atoms with Gasteiger partial charge in [-0.1, -0.05) is 17.7 Å². The maximum Gasteiger partial charge on any atom is 0.264 e. The fourth-order valence-electron chi connectivity index (χ4n) is 2.53. The van der Waals surface area contributed by atoms with Crippen molar-refractivity contribution in [2.24, 2.45) is 0 Å². The molecule has 3 rings (SSSR count). The third-order valence-corrected chi connectivity index (χ3v) is 5.50. The van der Waals surface area contributed by atoms with Gasteiger partial charge >= 0.3 is 0 Å². The average molecular weight is 298 g/mol. The first-order valence-electron chi connectivity index (χ1n) is 6.65. The lowest BCUT2D eigenvalue weighted by Gasteiger charge is -2.19. The zero-order valence-electron chi connectivity index (χ0n) is 11.6. The van der Waals surface area contributed by atoms with Crippen molar-refractivity contribution in [2.75, 3.05) is 10.8 Å². The molecule has 1 heterocycles. The van der Waals surface area contributed by atoms with E-state index in [2.05, 4.69) is 6.07 Å². The summed E-state index contributed by atoms with van der Waals surface area (Å²) in [6.07, 6.45) is 0.635. The van der Waals surface area contributed by atoms with Gasteiger partial charge in [0.25, 0.3) is 10.0 Å². The van der Waals surface area contributed by atoms with E-state index in [1.807, 2.05) is 6.92 Å². The van der Waals surface area contributed by atoms with Crippen molar-refractivity contribution in [3.8, 4) is 6.07 Å².